The number of carbonyl (C=O) groups excluding carboxylic acids is 2. The molecule has 118 valence electrons. The molecule has 23 heavy (non-hydrogen) atoms. The molecule has 2 N–H and O–H groups in total. The van der Waals surface area contributed by atoms with E-state index in [0.29, 0.717) is 11.1 Å². The van der Waals surface area contributed by atoms with Gasteiger partial charge in [-0.1, -0.05) is 6.07 Å². The number of aryl methyl sites for hydroxylation is 1. The molecule has 1 aromatic carbocycles. The average molecular weight is 421 g/mol. The quantitative estimate of drug-likeness (QED) is 0.589. The second-order valence-corrected chi connectivity index (χ2v) is 6.03. The summed E-state index contributed by atoms with van der Waals surface area (Å²) in [4.78, 5) is 27.5. The number of hydrogen-bond acceptors (Lipinski definition) is 3. The third kappa shape index (κ3) is 4.88. The second-order valence-electron chi connectivity index (χ2n) is 4.87. The molecule has 0 fully saturated rings. The molecule has 0 aliphatic rings. The van der Waals surface area contributed by atoms with Crippen molar-refractivity contribution in [3.05, 3.63) is 63.0 Å². The van der Waals surface area contributed by atoms with Gasteiger partial charge in [0.25, 0.3) is 5.91 Å². The zero-order valence-corrected chi connectivity index (χ0v) is 14.9. The summed E-state index contributed by atoms with van der Waals surface area (Å²) < 4.78 is 1.09. The number of halogens is 1. The summed E-state index contributed by atoms with van der Waals surface area (Å²) in [6.07, 6.45) is 6.10. The number of nitrogens with zero attached hydrogens (tertiary/aromatic N) is 1. The normalized spacial score (nSPS) is 10.6. The predicted molar refractivity (Wildman–Crippen MR) is 99.2 cm³/mol. The van der Waals surface area contributed by atoms with Gasteiger partial charge in [-0.05, 0) is 64.9 Å². The largest absolute Gasteiger partial charge is 0.355 e. The molecule has 0 saturated heterocycles. The van der Waals surface area contributed by atoms with Crippen LogP contribution in [0.15, 0.2) is 42.7 Å². The van der Waals surface area contributed by atoms with Crippen molar-refractivity contribution < 1.29 is 9.59 Å². The Hall–Kier alpha value is -2.22. The molecule has 0 unspecified atom stereocenters. The SMILES string of the molecule is CNC(=O)c1cncc(/C=C/C(=O)Nc2ccc(C)c(I)c2)c1. The summed E-state index contributed by atoms with van der Waals surface area (Å²) in [7, 11) is 1.56. The van der Waals surface area contributed by atoms with Crippen molar-refractivity contribution in [2.24, 2.45) is 0 Å². The number of pyridine rings is 1. The molecule has 5 nitrogen and oxygen atoms in total. The molecule has 2 aromatic rings. The minimum Gasteiger partial charge on any atom is -0.355 e. The smallest absolute Gasteiger partial charge is 0.252 e. The third-order valence-electron chi connectivity index (χ3n) is 3.12. The zero-order chi connectivity index (χ0) is 16.8. The van der Waals surface area contributed by atoms with Crippen LogP contribution in [0.4, 0.5) is 5.69 Å². The first-order valence-electron chi connectivity index (χ1n) is 6.92. The standard InChI is InChI=1S/C17H16IN3O2/c1-11-3-5-14(8-15(11)18)21-16(22)6-4-12-7-13(10-20-9-12)17(23)19-2/h3-10H,1-2H3,(H,19,23)(H,21,22)/b6-4+. The van der Waals surface area contributed by atoms with Gasteiger partial charge >= 0.3 is 0 Å². The van der Waals surface area contributed by atoms with Gasteiger partial charge in [0, 0.05) is 34.8 Å². The van der Waals surface area contributed by atoms with Crippen LogP contribution in [0.2, 0.25) is 0 Å². The summed E-state index contributed by atoms with van der Waals surface area (Å²) in [6, 6.07) is 7.40. The van der Waals surface area contributed by atoms with Gasteiger partial charge in [-0.2, -0.15) is 0 Å². The Kier molecular flexibility index (Phi) is 5.86. The van der Waals surface area contributed by atoms with Gasteiger partial charge in [0.1, 0.15) is 0 Å². The molecular weight excluding hydrogens is 405 g/mol. The number of benzene rings is 1. The lowest BCUT2D eigenvalue weighted by Crippen LogP contribution is -2.17. The molecule has 2 rings (SSSR count). The molecule has 0 aliphatic carbocycles. The molecule has 2 amide bonds. The zero-order valence-electron chi connectivity index (χ0n) is 12.8. The third-order valence-corrected chi connectivity index (χ3v) is 4.28. The molecular formula is C17H16IN3O2. The highest BCUT2D eigenvalue weighted by molar-refractivity contribution is 14.1. The fraction of sp³-hybridized carbons (Fsp3) is 0.118. The molecule has 0 bridgehead atoms. The van der Waals surface area contributed by atoms with Crippen LogP contribution in [-0.2, 0) is 4.79 Å². The molecule has 0 spiro atoms. The van der Waals surface area contributed by atoms with E-state index in [4.69, 9.17) is 0 Å². The van der Waals surface area contributed by atoms with E-state index < -0.39 is 0 Å². The van der Waals surface area contributed by atoms with E-state index >= 15 is 0 Å². The van der Waals surface area contributed by atoms with Crippen LogP contribution < -0.4 is 10.6 Å². The van der Waals surface area contributed by atoms with Crippen molar-refractivity contribution in [2.45, 2.75) is 6.92 Å². The van der Waals surface area contributed by atoms with Crippen molar-refractivity contribution in [3.8, 4) is 0 Å². The first kappa shape index (κ1) is 17.1. The summed E-state index contributed by atoms with van der Waals surface area (Å²) in [5.41, 5.74) is 3.03. The number of amides is 2. The number of aromatic nitrogens is 1. The van der Waals surface area contributed by atoms with Crippen LogP contribution >= 0.6 is 22.6 Å². The lowest BCUT2D eigenvalue weighted by molar-refractivity contribution is -0.111. The van der Waals surface area contributed by atoms with E-state index in [0.717, 1.165) is 14.8 Å². The summed E-state index contributed by atoms with van der Waals surface area (Å²) in [5.74, 6) is -0.457. The molecule has 1 heterocycles. The number of anilines is 1. The Balaban J connectivity index is 2.06. The summed E-state index contributed by atoms with van der Waals surface area (Å²) >= 11 is 2.23. The maximum Gasteiger partial charge on any atom is 0.252 e. The maximum atomic E-state index is 12.0. The minimum atomic E-state index is -0.241. The van der Waals surface area contributed by atoms with Gasteiger partial charge in [0.05, 0.1) is 5.56 Å². The van der Waals surface area contributed by atoms with E-state index in [-0.39, 0.29) is 11.8 Å². The van der Waals surface area contributed by atoms with Crippen molar-refractivity contribution in [1.29, 1.82) is 0 Å². The fourth-order valence-electron chi connectivity index (χ4n) is 1.84. The number of nitrogens with one attached hydrogen (secondary N) is 2. The van der Waals surface area contributed by atoms with Crippen LogP contribution in [0.3, 0.4) is 0 Å². The number of rotatable bonds is 4. The lowest BCUT2D eigenvalue weighted by atomic mass is 10.2. The Labute approximate surface area is 148 Å². The Morgan fingerprint density at radius 1 is 1.22 bits per heavy atom. The maximum absolute atomic E-state index is 12.0. The van der Waals surface area contributed by atoms with Gasteiger partial charge in [-0.25, -0.2) is 0 Å². The fourth-order valence-corrected chi connectivity index (χ4v) is 2.36. The van der Waals surface area contributed by atoms with Crippen molar-refractivity contribution in [2.75, 3.05) is 12.4 Å². The predicted octanol–water partition coefficient (Wildman–Crippen LogP) is 3.01. The van der Waals surface area contributed by atoms with Gasteiger partial charge in [0.2, 0.25) is 5.91 Å². The molecule has 6 heteroatoms. The summed E-state index contributed by atoms with van der Waals surface area (Å²) in [5, 5.41) is 5.33. The van der Waals surface area contributed by atoms with Crippen molar-refractivity contribution in [1.82, 2.24) is 10.3 Å². The highest BCUT2D eigenvalue weighted by Gasteiger charge is 2.04. The Morgan fingerprint density at radius 2 is 2.00 bits per heavy atom. The molecule has 1 aromatic heterocycles. The highest BCUT2D eigenvalue weighted by Crippen LogP contribution is 2.17. The lowest BCUT2D eigenvalue weighted by Gasteiger charge is -2.04. The van der Waals surface area contributed by atoms with Gasteiger partial charge in [-0.3, -0.25) is 14.6 Å². The van der Waals surface area contributed by atoms with E-state index in [2.05, 4.69) is 38.2 Å². The van der Waals surface area contributed by atoms with E-state index in [1.54, 1.807) is 25.4 Å². The molecule has 0 saturated carbocycles. The summed E-state index contributed by atoms with van der Waals surface area (Å²) in [6.45, 7) is 2.01. The Bertz CT molecular complexity index is 772. The van der Waals surface area contributed by atoms with Crippen LogP contribution in [0.1, 0.15) is 21.5 Å². The van der Waals surface area contributed by atoms with Crippen LogP contribution in [0.25, 0.3) is 6.08 Å². The van der Waals surface area contributed by atoms with Gasteiger partial charge in [0.15, 0.2) is 0 Å². The van der Waals surface area contributed by atoms with E-state index in [1.807, 2.05) is 25.1 Å². The van der Waals surface area contributed by atoms with Crippen molar-refractivity contribution >= 4 is 46.2 Å². The monoisotopic (exact) mass is 421 g/mol. The van der Waals surface area contributed by atoms with Crippen LogP contribution in [-0.4, -0.2) is 23.8 Å². The topological polar surface area (TPSA) is 71.1 Å². The number of carbonyl (C=O) groups is 2. The second kappa shape index (κ2) is 7.87. The Morgan fingerprint density at radius 3 is 2.70 bits per heavy atom. The van der Waals surface area contributed by atoms with E-state index in [1.165, 1.54) is 12.3 Å². The number of hydrogen-bond donors (Lipinski definition) is 2. The van der Waals surface area contributed by atoms with Crippen LogP contribution in [0.5, 0.6) is 0 Å². The van der Waals surface area contributed by atoms with Gasteiger partial charge in [-0.15, -0.1) is 0 Å². The van der Waals surface area contributed by atoms with Gasteiger partial charge < -0.3 is 10.6 Å². The highest BCUT2D eigenvalue weighted by atomic mass is 127. The molecule has 0 aliphatic heterocycles. The first-order chi connectivity index (χ1) is 11.0. The minimum absolute atomic E-state index is 0.216. The molecule has 0 radical (unpaired) electrons. The first-order valence-corrected chi connectivity index (χ1v) is 8.00. The van der Waals surface area contributed by atoms with E-state index in [9.17, 15) is 9.59 Å². The van der Waals surface area contributed by atoms with Crippen LogP contribution in [0, 0.1) is 10.5 Å². The average Bonchev–Trinajstić information content (AvgIpc) is 2.56. The van der Waals surface area contributed by atoms with Crippen molar-refractivity contribution in [3.63, 3.8) is 0 Å². The molecule has 0 atom stereocenters.